The van der Waals surface area contributed by atoms with E-state index in [2.05, 4.69) is 16.0 Å². The molecule has 0 atom stereocenters. The lowest BCUT2D eigenvalue weighted by Gasteiger charge is -2.30. The van der Waals surface area contributed by atoms with Crippen LogP contribution in [-0.2, 0) is 4.74 Å². The third-order valence-electron chi connectivity index (χ3n) is 3.60. The monoisotopic (exact) mass is 299 g/mol. The molecule has 0 saturated carbocycles. The first kappa shape index (κ1) is 14.6. The van der Waals surface area contributed by atoms with Gasteiger partial charge in [-0.05, 0) is 44.9 Å². The van der Waals surface area contributed by atoms with E-state index in [-0.39, 0.29) is 6.09 Å². The number of hydrogen-bond acceptors (Lipinski definition) is 3. The van der Waals surface area contributed by atoms with E-state index in [0.29, 0.717) is 13.1 Å². The summed E-state index contributed by atoms with van der Waals surface area (Å²) in [7, 11) is 0. The number of rotatable bonds is 1. The Labute approximate surface area is 130 Å². The third-order valence-corrected chi connectivity index (χ3v) is 3.60. The molecule has 2 aromatic heterocycles. The van der Waals surface area contributed by atoms with Gasteiger partial charge in [-0.25, -0.2) is 9.78 Å². The fourth-order valence-electron chi connectivity index (χ4n) is 2.64. The Balaban J connectivity index is 1.81. The van der Waals surface area contributed by atoms with E-state index in [4.69, 9.17) is 4.74 Å². The average molecular weight is 299 g/mol. The fourth-order valence-corrected chi connectivity index (χ4v) is 2.64. The van der Waals surface area contributed by atoms with Crippen molar-refractivity contribution in [1.82, 2.24) is 14.9 Å². The van der Waals surface area contributed by atoms with Crippen molar-refractivity contribution in [1.29, 1.82) is 0 Å². The Morgan fingerprint density at radius 3 is 3.00 bits per heavy atom. The van der Waals surface area contributed by atoms with Gasteiger partial charge in [-0.15, -0.1) is 0 Å². The summed E-state index contributed by atoms with van der Waals surface area (Å²) in [5.74, 6) is 0. The molecule has 1 amide bonds. The van der Waals surface area contributed by atoms with Crippen molar-refractivity contribution < 1.29 is 9.53 Å². The van der Waals surface area contributed by atoms with Crippen LogP contribution in [0.15, 0.2) is 30.6 Å². The SMILES string of the molecule is CC(C)(C)OC(=O)N1CCC=C(c2c[nH]c3ncccc23)C1. The molecule has 0 unspecified atom stereocenters. The van der Waals surface area contributed by atoms with Crippen molar-refractivity contribution in [2.24, 2.45) is 0 Å². The average Bonchev–Trinajstić information content (AvgIpc) is 2.89. The maximum absolute atomic E-state index is 12.2. The van der Waals surface area contributed by atoms with Crippen molar-refractivity contribution in [3.05, 3.63) is 36.2 Å². The van der Waals surface area contributed by atoms with Crippen LogP contribution in [0.2, 0.25) is 0 Å². The normalized spacial score (nSPS) is 15.8. The van der Waals surface area contributed by atoms with Crippen LogP contribution >= 0.6 is 0 Å². The molecule has 0 spiro atoms. The molecule has 3 rings (SSSR count). The predicted octanol–water partition coefficient (Wildman–Crippen LogP) is 3.59. The minimum Gasteiger partial charge on any atom is -0.444 e. The minimum atomic E-state index is -0.469. The number of carbonyl (C=O) groups excluding carboxylic acids is 1. The summed E-state index contributed by atoms with van der Waals surface area (Å²) in [6.45, 7) is 6.92. The van der Waals surface area contributed by atoms with E-state index in [0.717, 1.165) is 28.6 Å². The maximum atomic E-state index is 12.2. The number of nitrogens with zero attached hydrogens (tertiary/aromatic N) is 2. The van der Waals surface area contributed by atoms with E-state index in [1.54, 1.807) is 11.1 Å². The van der Waals surface area contributed by atoms with Crippen molar-refractivity contribution in [2.45, 2.75) is 32.8 Å². The van der Waals surface area contributed by atoms with Crippen LogP contribution in [0.1, 0.15) is 32.8 Å². The Bertz CT molecular complexity index is 725. The van der Waals surface area contributed by atoms with Crippen molar-refractivity contribution >= 4 is 22.7 Å². The van der Waals surface area contributed by atoms with Gasteiger partial charge in [-0.2, -0.15) is 0 Å². The first-order valence-electron chi connectivity index (χ1n) is 7.53. The van der Waals surface area contributed by atoms with Gasteiger partial charge < -0.3 is 14.6 Å². The second kappa shape index (κ2) is 5.48. The number of nitrogens with one attached hydrogen (secondary N) is 1. The fraction of sp³-hybridized carbons (Fsp3) is 0.412. The zero-order chi connectivity index (χ0) is 15.7. The molecule has 0 bridgehead atoms. The quantitative estimate of drug-likeness (QED) is 0.875. The second-order valence-electron chi connectivity index (χ2n) is 6.52. The standard InChI is InChI=1S/C17H21N3O2/c1-17(2,3)22-16(21)20-9-5-6-12(11-20)14-10-19-15-13(14)7-4-8-18-15/h4,6-8,10H,5,9,11H2,1-3H3,(H,18,19). The molecular weight excluding hydrogens is 278 g/mol. The summed E-state index contributed by atoms with van der Waals surface area (Å²) >= 11 is 0. The number of ether oxygens (including phenoxy) is 1. The van der Waals surface area contributed by atoms with Gasteiger partial charge in [-0.1, -0.05) is 6.08 Å². The molecule has 1 aliphatic rings. The molecule has 0 aliphatic carbocycles. The van der Waals surface area contributed by atoms with Gasteiger partial charge >= 0.3 is 6.09 Å². The first-order chi connectivity index (χ1) is 10.4. The summed E-state index contributed by atoms with van der Waals surface area (Å²) in [6, 6.07) is 3.97. The maximum Gasteiger partial charge on any atom is 0.410 e. The van der Waals surface area contributed by atoms with E-state index >= 15 is 0 Å². The molecular formula is C17H21N3O2. The van der Waals surface area contributed by atoms with Gasteiger partial charge in [0.2, 0.25) is 0 Å². The molecule has 5 nitrogen and oxygen atoms in total. The smallest absolute Gasteiger partial charge is 0.410 e. The zero-order valence-corrected chi connectivity index (χ0v) is 13.2. The van der Waals surface area contributed by atoms with Gasteiger partial charge in [0, 0.05) is 36.4 Å². The number of H-pyrrole nitrogens is 1. The molecule has 22 heavy (non-hydrogen) atoms. The van der Waals surface area contributed by atoms with Crippen LogP contribution in [0.25, 0.3) is 16.6 Å². The number of aromatic amines is 1. The Morgan fingerprint density at radius 2 is 2.23 bits per heavy atom. The van der Waals surface area contributed by atoms with Crippen molar-refractivity contribution in [2.75, 3.05) is 13.1 Å². The number of aromatic nitrogens is 2. The summed E-state index contributed by atoms with van der Waals surface area (Å²) in [6.07, 6.45) is 6.50. The Hall–Kier alpha value is -2.30. The highest BCUT2D eigenvalue weighted by Crippen LogP contribution is 2.27. The van der Waals surface area contributed by atoms with Crippen molar-refractivity contribution in [3.63, 3.8) is 0 Å². The van der Waals surface area contributed by atoms with Crippen LogP contribution in [-0.4, -0.2) is 39.7 Å². The van der Waals surface area contributed by atoms with Crippen LogP contribution in [0, 0.1) is 0 Å². The largest absolute Gasteiger partial charge is 0.444 e. The van der Waals surface area contributed by atoms with Crippen LogP contribution in [0.5, 0.6) is 0 Å². The van der Waals surface area contributed by atoms with Gasteiger partial charge in [0.15, 0.2) is 0 Å². The highest BCUT2D eigenvalue weighted by molar-refractivity contribution is 5.91. The molecule has 0 aromatic carbocycles. The number of amides is 1. The number of pyridine rings is 1. The third kappa shape index (κ3) is 2.98. The lowest BCUT2D eigenvalue weighted by Crippen LogP contribution is -2.39. The topological polar surface area (TPSA) is 58.2 Å². The molecule has 5 heteroatoms. The molecule has 2 aromatic rings. The van der Waals surface area contributed by atoms with Crippen LogP contribution < -0.4 is 0 Å². The first-order valence-corrected chi connectivity index (χ1v) is 7.53. The molecule has 0 radical (unpaired) electrons. The van der Waals surface area contributed by atoms with Crippen LogP contribution in [0.3, 0.4) is 0 Å². The number of hydrogen-bond donors (Lipinski definition) is 1. The van der Waals surface area contributed by atoms with Gasteiger partial charge in [-0.3, -0.25) is 0 Å². The summed E-state index contributed by atoms with van der Waals surface area (Å²) in [5.41, 5.74) is 2.64. The van der Waals surface area contributed by atoms with Gasteiger partial charge in [0.25, 0.3) is 0 Å². The highest BCUT2D eigenvalue weighted by Gasteiger charge is 2.25. The minimum absolute atomic E-state index is 0.254. The second-order valence-corrected chi connectivity index (χ2v) is 6.52. The predicted molar refractivity (Wildman–Crippen MR) is 86.5 cm³/mol. The molecule has 116 valence electrons. The lowest BCUT2D eigenvalue weighted by molar-refractivity contribution is 0.0273. The van der Waals surface area contributed by atoms with E-state index < -0.39 is 5.60 Å². The highest BCUT2D eigenvalue weighted by atomic mass is 16.6. The van der Waals surface area contributed by atoms with Gasteiger partial charge in [0.05, 0.1) is 0 Å². The lowest BCUT2D eigenvalue weighted by atomic mass is 10.0. The molecule has 3 heterocycles. The van der Waals surface area contributed by atoms with E-state index in [1.165, 1.54) is 0 Å². The van der Waals surface area contributed by atoms with E-state index in [1.807, 2.05) is 39.1 Å². The molecule has 1 N–H and O–H groups in total. The molecule has 0 saturated heterocycles. The van der Waals surface area contributed by atoms with Gasteiger partial charge in [0.1, 0.15) is 11.2 Å². The summed E-state index contributed by atoms with van der Waals surface area (Å²) in [5, 5.41) is 1.08. The van der Waals surface area contributed by atoms with Crippen molar-refractivity contribution in [3.8, 4) is 0 Å². The van der Waals surface area contributed by atoms with E-state index in [9.17, 15) is 4.79 Å². The Morgan fingerprint density at radius 1 is 1.41 bits per heavy atom. The zero-order valence-electron chi connectivity index (χ0n) is 13.2. The summed E-state index contributed by atoms with van der Waals surface area (Å²) < 4.78 is 5.47. The molecule has 1 aliphatic heterocycles. The number of carbonyl (C=O) groups is 1. The summed E-state index contributed by atoms with van der Waals surface area (Å²) in [4.78, 5) is 21.5. The van der Waals surface area contributed by atoms with Crippen LogP contribution in [0.4, 0.5) is 4.79 Å². The Kier molecular flexibility index (Phi) is 3.64. The molecule has 0 fully saturated rings. The number of fused-ring (bicyclic) bond motifs is 1.